The fourth-order valence-corrected chi connectivity index (χ4v) is 3.08. The monoisotopic (exact) mass is 329 g/mol. The Kier molecular flexibility index (Phi) is 5.10. The third-order valence-electron chi connectivity index (χ3n) is 4.28. The molecule has 0 aliphatic carbocycles. The molecule has 0 saturated carbocycles. The van der Waals surface area contributed by atoms with E-state index in [-0.39, 0.29) is 5.91 Å². The first kappa shape index (κ1) is 16.4. The van der Waals surface area contributed by atoms with Crippen molar-refractivity contribution in [2.45, 2.75) is 26.2 Å². The van der Waals surface area contributed by atoms with Crippen molar-refractivity contribution in [3.05, 3.63) is 35.7 Å². The maximum Gasteiger partial charge on any atom is 0.231 e. The smallest absolute Gasteiger partial charge is 0.231 e. The second kappa shape index (κ2) is 7.44. The van der Waals surface area contributed by atoms with Crippen LogP contribution in [-0.4, -0.2) is 40.6 Å². The van der Waals surface area contributed by atoms with E-state index in [9.17, 15) is 4.79 Å². The van der Waals surface area contributed by atoms with Gasteiger partial charge < -0.3 is 15.6 Å². The fourth-order valence-electron chi connectivity index (χ4n) is 3.08. The molecule has 0 unspecified atom stereocenters. The maximum absolute atomic E-state index is 11.0. The van der Waals surface area contributed by atoms with Crippen LogP contribution in [0, 0.1) is 12.8 Å². The number of carbonyl (C=O) groups is 1. The first-order valence-electron chi connectivity index (χ1n) is 8.25. The number of aryl methyl sites for hydroxylation is 1. The highest BCUT2D eigenvalue weighted by atomic mass is 16.5. The van der Waals surface area contributed by atoms with E-state index in [1.165, 1.54) is 0 Å². The van der Waals surface area contributed by atoms with Crippen LogP contribution < -0.4 is 11.1 Å². The van der Waals surface area contributed by atoms with Crippen molar-refractivity contribution in [3.63, 3.8) is 0 Å². The number of anilines is 2. The van der Waals surface area contributed by atoms with Crippen molar-refractivity contribution in [2.24, 2.45) is 11.7 Å². The Hall–Kier alpha value is -2.41. The zero-order valence-corrected chi connectivity index (χ0v) is 13.9. The van der Waals surface area contributed by atoms with Crippen molar-refractivity contribution in [2.75, 3.05) is 25.0 Å². The van der Waals surface area contributed by atoms with Crippen molar-refractivity contribution in [3.8, 4) is 0 Å². The van der Waals surface area contributed by atoms with Gasteiger partial charge in [0.25, 0.3) is 0 Å². The number of hydrogen-bond donors (Lipinski definition) is 2. The number of rotatable bonds is 6. The molecule has 7 nitrogen and oxygen atoms in total. The molecule has 0 spiro atoms. The van der Waals surface area contributed by atoms with Gasteiger partial charge in [0.1, 0.15) is 11.6 Å². The number of aromatic nitrogens is 2. The van der Waals surface area contributed by atoms with Crippen LogP contribution in [0.15, 0.2) is 28.8 Å². The molecule has 7 heteroatoms. The summed E-state index contributed by atoms with van der Waals surface area (Å²) in [6.07, 6.45) is 3.07. The van der Waals surface area contributed by atoms with E-state index in [2.05, 4.69) is 26.4 Å². The van der Waals surface area contributed by atoms with Gasteiger partial charge in [-0.3, -0.25) is 9.69 Å². The highest BCUT2D eigenvalue weighted by Crippen LogP contribution is 2.22. The highest BCUT2D eigenvalue weighted by molar-refractivity contribution is 5.75. The summed E-state index contributed by atoms with van der Waals surface area (Å²) in [6.45, 7) is 4.06. The molecule has 0 radical (unpaired) electrons. The summed E-state index contributed by atoms with van der Waals surface area (Å²) in [5.74, 6) is 2.53. The van der Waals surface area contributed by atoms with Crippen LogP contribution in [0.4, 0.5) is 11.6 Å². The third kappa shape index (κ3) is 4.55. The highest BCUT2D eigenvalue weighted by Gasteiger charge is 2.20. The van der Waals surface area contributed by atoms with E-state index in [0.29, 0.717) is 18.3 Å². The molecule has 0 aromatic carbocycles. The number of nitrogens with one attached hydrogen (secondary N) is 1. The first-order chi connectivity index (χ1) is 11.6. The number of nitrogens with zero attached hydrogens (tertiary/aromatic N) is 3. The van der Waals surface area contributed by atoms with Crippen molar-refractivity contribution in [1.29, 1.82) is 0 Å². The molecule has 3 N–H and O–H groups in total. The van der Waals surface area contributed by atoms with Gasteiger partial charge in [-0.1, -0.05) is 11.2 Å². The molecule has 1 fully saturated rings. The zero-order valence-electron chi connectivity index (χ0n) is 13.9. The molecule has 128 valence electrons. The average Bonchev–Trinajstić information content (AvgIpc) is 2.94. The van der Waals surface area contributed by atoms with Gasteiger partial charge in [-0.2, -0.15) is 0 Å². The van der Waals surface area contributed by atoms with Crippen molar-refractivity contribution < 1.29 is 9.32 Å². The standard InChI is InChI=1S/C17H23N5O2/c1-12-9-17(21-24-12)20-16-4-2-3-14(19-16)10-13-5-7-22(8-6-13)11-15(18)23/h2-4,9,13H,5-8,10-11H2,1H3,(H2,18,23)(H,19,20,21). The number of likely N-dealkylation sites (tertiary alicyclic amines) is 1. The van der Waals surface area contributed by atoms with Crippen LogP contribution in [0.1, 0.15) is 24.3 Å². The Labute approximate surface area is 141 Å². The van der Waals surface area contributed by atoms with E-state index in [1.54, 1.807) is 0 Å². The molecule has 0 atom stereocenters. The maximum atomic E-state index is 11.0. The van der Waals surface area contributed by atoms with Gasteiger partial charge in [-0.25, -0.2) is 4.98 Å². The molecule has 0 bridgehead atoms. The number of hydrogen-bond acceptors (Lipinski definition) is 6. The number of piperidine rings is 1. The second-order valence-electron chi connectivity index (χ2n) is 6.35. The van der Waals surface area contributed by atoms with Gasteiger partial charge in [0.2, 0.25) is 5.91 Å². The molecular formula is C17H23N5O2. The van der Waals surface area contributed by atoms with Gasteiger partial charge in [0, 0.05) is 11.8 Å². The fraction of sp³-hybridized carbons (Fsp3) is 0.471. The summed E-state index contributed by atoms with van der Waals surface area (Å²) in [4.78, 5) is 17.8. The number of carbonyl (C=O) groups excluding carboxylic acids is 1. The molecule has 1 aliphatic rings. The Morgan fingerprint density at radius 1 is 1.38 bits per heavy atom. The summed E-state index contributed by atoms with van der Waals surface area (Å²) in [7, 11) is 0. The van der Waals surface area contributed by atoms with Crippen LogP contribution in [0.2, 0.25) is 0 Å². The Morgan fingerprint density at radius 2 is 2.17 bits per heavy atom. The summed E-state index contributed by atoms with van der Waals surface area (Å²) in [6, 6.07) is 7.81. The molecule has 3 rings (SSSR count). The minimum Gasteiger partial charge on any atom is -0.369 e. The van der Waals surface area contributed by atoms with Gasteiger partial charge in [0.15, 0.2) is 5.82 Å². The molecule has 1 aliphatic heterocycles. The lowest BCUT2D eigenvalue weighted by Crippen LogP contribution is -2.39. The van der Waals surface area contributed by atoms with Crippen LogP contribution in [-0.2, 0) is 11.2 Å². The van der Waals surface area contributed by atoms with E-state index in [4.69, 9.17) is 10.3 Å². The minimum absolute atomic E-state index is 0.253. The summed E-state index contributed by atoms with van der Waals surface area (Å²) < 4.78 is 5.05. The normalized spacial score (nSPS) is 16.2. The van der Waals surface area contributed by atoms with Gasteiger partial charge in [-0.05, 0) is 57.3 Å². The van der Waals surface area contributed by atoms with Gasteiger partial charge >= 0.3 is 0 Å². The molecule has 2 aromatic heterocycles. The van der Waals surface area contributed by atoms with E-state index in [1.807, 2.05) is 25.1 Å². The lowest BCUT2D eigenvalue weighted by Gasteiger charge is -2.30. The van der Waals surface area contributed by atoms with Gasteiger partial charge in [0.05, 0.1) is 6.54 Å². The molecule has 3 heterocycles. The predicted octanol–water partition coefficient (Wildman–Crippen LogP) is 1.86. The van der Waals surface area contributed by atoms with Crippen molar-refractivity contribution >= 4 is 17.5 Å². The lowest BCUT2D eigenvalue weighted by atomic mass is 9.92. The Bertz CT molecular complexity index is 692. The molecule has 1 saturated heterocycles. The van der Waals surface area contributed by atoms with Crippen LogP contribution >= 0.6 is 0 Å². The van der Waals surface area contributed by atoms with Crippen LogP contribution in [0.5, 0.6) is 0 Å². The van der Waals surface area contributed by atoms with Gasteiger partial charge in [-0.15, -0.1) is 0 Å². The lowest BCUT2D eigenvalue weighted by molar-refractivity contribution is -0.119. The predicted molar refractivity (Wildman–Crippen MR) is 90.8 cm³/mol. The first-order valence-corrected chi connectivity index (χ1v) is 8.25. The minimum atomic E-state index is -0.253. The van der Waals surface area contributed by atoms with E-state index in [0.717, 1.165) is 49.6 Å². The van der Waals surface area contributed by atoms with Crippen molar-refractivity contribution in [1.82, 2.24) is 15.0 Å². The number of amides is 1. The largest absolute Gasteiger partial charge is 0.369 e. The quantitative estimate of drug-likeness (QED) is 0.839. The molecule has 1 amide bonds. The number of nitrogens with two attached hydrogens (primary N) is 1. The van der Waals surface area contributed by atoms with E-state index < -0.39 is 0 Å². The summed E-state index contributed by atoms with van der Waals surface area (Å²) in [5, 5.41) is 7.07. The number of primary amides is 1. The molecular weight excluding hydrogens is 306 g/mol. The zero-order chi connectivity index (χ0) is 16.9. The summed E-state index contributed by atoms with van der Waals surface area (Å²) in [5.41, 5.74) is 6.32. The summed E-state index contributed by atoms with van der Waals surface area (Å²) >= 11 is 0. The topological polar surface area (TPSA) is 97.3 Å². The Morgan fingerprint density at radius 3 is 2.83 bits per heavy atom. The Balaban J connectivity index is 1.54. The second-order valence-corrected chi connectivity index (χ2v) is 6.35. The molecule has 2 aromatic rings. The number of pyridine rings is 1. The van der Waals surface area contributed by atoms with Crippen LogP contribution in [0.3, 0.4) is 0 Å². The third-order valence-corrected chi connectivity index (χ3v) is 4.28. The molecule has 24 heavy (non-hydrogen) atoms. The van der Waals surface area contributed by atoms with E-state index >= 15 is 0 Å². The average molecular weight is 329 g/mol. The van der Waals surface area contributed by atoms with Crippen LogP contribution in [0.25, 0.3) is 0 Å². The SMILES string of the molecule is Cc1cc(Nc2cccc(CC3CCN(CC(N)=O)CC3)n2)no1.